The number of ether oxygens (including phenoxy) is 6. The maximum Gasteiger partial charge on any atom is 0.513 e. The van der Waals surface area contributed by atoms with Crippen molar-refractivity contribution < 1.29 is 47.6 Å². The van der Waals surface area contributed by atoms with Crippen molar-refractivity contribution in [3.63, 3.8) is 0 Å². The van der Waals surface area contributed by atoms with E-state index in [-0.39, 0.29) is 62.1 Å². The van der Waals surface area contributed by atoms with Crippen molar-refractivity contribution in [2.45, 2.75) is 66.3 Å². The van der Waals surface area contributed by atoms with Crippen LogP contribution in [0.5, 0.6) is 11.5 Å². The molecular weight excluding hydrogens is 498 g/mol. The van der Waals surface area contributed by atoms with Crippen LogP contribution in [0.15, 0.2) is 18.2 Å². The molecule has 0 fully saturated rings. The summed E-state index contributed by atoms with van der Waals surface area (Å²) in [6.07, 6.45) is 0.215. The van der Waals surface area contributed by atoms with E-state index in [9.17, 15) is 19.2 Å². The summed E-state index contributed by atoms with van der Waals surface area (Å²) in [5.41, 5.74) is 0.572. The van der Waals surface area contributed by atoms with E-state index in [0.29, 0.717) is 12.0 Å². The molecule has 0 aliphatic carbocycles. The summed E-state index contributed by atoms with van der Waals surface area (Å²) in [4.78, 5) is 48.3. The summed E-state index contributed by atoms with van der Waals surface area (Å²) in [5, 5.41) is 3.01. The van der Waals surface area contributed by atoms with Crippen LogP contribution in [0, 0.1) is 11.8 Å². The van der Waals surface area contributed by atoms with Gasteiger partial charge in [0.2, 0.25) is 0 Å². The van der Waals surface area contributed by atoms with E-state index in [1.807, 2.05) is 34.6 Å². The first-order chi connectivity index (χ1) is 18.0. The first-order valence-corrected chi connectivity index (χ1v) is 12.8. The van der Waals surface area contributed by atoms with Crippen LogP contribution in [-0.4, -0.2) is 63.8 Å². The van der Waals surface area contributed by atoms with Crippen molar-refractivity contribution in [3.05, 3.63) is 23.8 Å². The number of hydrogen-bond donors (Lipinski definition) is 1. The predicted octanol–water partition coefficient (Wildman–Crippen LogP) is 4.44. The molecule has 1 N–H and O–H groups in total. The molecule has 0 aliphatic rings. The molecule has 0 radical (unpaired) electrons. The number of rotatable bonds is 16. The zero-order valence-corrected chi connectivity index (χ0v) is 23.2. The largest absolute Gasteiger partial charge is 0.513 e. The monoisotopic (exact) mass is 539 g/mol. The Hall–Kier alpha value is -3.34. The van der Waals surface area contributed by atoms with E-state index < -0.39 is 24.3 Å². The number of esters is 2. The molecule has 38 heavy (non-hydrogen) atoms. The van der Waals surface area contributed by atoms with Gasteiger partial charge in [-0.1, -0.05) is 47.1 Å². The minimum Gasteiger partial charge on any atom is -0.468 e. The summed E-state index contributed by atoms with van der Waals surface area (Å²) in [6.45, 7) is 10.1. The van der Waals surface area contributed by atoms with Crippen molar-refractivity contribution >= 4 is 24.2 Å². The molecule has 1 atom stereocenters. The van der Waals surface area contributed by atoms with Crippen LogP contribution in [0.1, 0.15) is 59.4 Å². The standard InChI is InChI=1S/C27H41NO10/c1-7-8-9-24(29)34-13-12-28-21(25(30)33-6)14-20-10-11-22(37-26(31)35-16-18(2)3)23(15-20)38-27(32)36-17-19(4)5/h10-11,15,18-19,21,28H,7-9,12-14,16-17H2,1-6H3/t21-/m0/s1. The molecule has 1 aromatic rings. The second kappa shape index (κ2) is 18.0. The summed E-state index contributed by atoms with van der Waals surface area (Å²) in [5.74, 6) is -0.755. The van der Waals surface area contributed by atoms with Crippen LogP contribution in [0.2, 0.25) is 0 Å². The first kappa shape index (κ1) is 32.7. The van der Waals surface area contributed by atoms with E-state index in [2.05, 4.69) is 5.32 Å². The molecule has 11 nitrogen and oxygen atoms in total. The fourth-order valence-corrected chi connectivity index (χ4v) is 2.96. The number of carbonyl (C=O) groups excluding carboxylic acids is 4. The molecule has 1 aromatic carbocycles. The Kier molecular flexibility index (Phi) is 15.5. The Morgan fingerprint density at radius 1 is 0.868 bits per heavy atom. The molecule has 0 aromatic heterocycles. The van der Waals surface area contributed by atoms with Crippen molar-refractivity contribution in [1.29, 1.82) is 0 Å². The molecule has 0 unspecified atom stereocenters. The highest BCUT2D eigenvalue weighted by molar-refractivity contribution is 5.76. The highest BCUT2D eigenvalue weighted by Crippen LogP contribution is 2.30. The Morgan fingerprint density at radius 3 is 2.03 bits per heavy atom. The molecular formula is C27H41NO10. The average Bonchev–Trinajstić information content (AvgIpc) is 2.87. The van der Waals surface area contributed by atoms with Gasteiger partial charge in [0.25, 0.3) is 0 Å². The van der Waals surface area contributed by atoms with Crippen LogP contribution in [0.3, 0.4) is 0 Å². The summed E-state index contributed by atoms with van der Waals surface area (Å²) in [6, 6.07) is 3.72. The lowest BCUT2D eigenvalue weighted by molar-refractivity contribution is -0.144. The van der Waals surface area contributed by atoms with Gasteiger partial charge in [0, 0.05) is 13.0 Å². The van der Waals surface area contributed by atoms with Gasteiger partial charge in [-0.3, -0.25) is 9.59 Å². The molecule has 11 heteroatoms. The first-order valence-electron chi connectivity index (χ1n) is 12.8. The Labute approximate surface area is 224 Å². The lowest BCUT2D eigenvalue weighted by atomic mass is 10.1. The normalized spacial score (nSPS) is 11.6. The molecule has 214 valence electrons. The summed E-state index contributed by atoms with van der Waals surface area (Å²) in [7, 11) is 1.26. The second-order valence-electron chi connectivity index (χ2n) is 9.45. The molecule has 0 aliphatic heterocycles. The Balaban J connectivity index is 2.96. The lowest BCUT2D eigenvalue weighted by Gasteiger charge is -2.18. The van der Waals surface area contributed by atoms with E-state index in [1.54, 1.807) is 6.07 Å². The van der Waals surface area contributed by atoms with Gasteiger partial charge in [0.05, 0.1) is 20.3 Å². The SMILES string of the molecule is CCCCC(=O)OCCN[C@@H](Cc1ccc(OC(=O)OCC(C)C)c(OC(=O)OCC(C)C)c1)C(=O)OC. The molecule has 0 heterocycles. The number of methoxy groups -OCH3 is 1. The van der Waals surface area contributed by atoms with Gasteiger partial charge in [0.15, 0.2) is 11.5 Å². The third-order valence-electron chi connectivity index (χ3n) is 4.88. The maximum absolute atomic E-state index is 12.4. The van der Waals surface area contributed by atoms with Gasteiger partial charge in [0.1, 0.15) is 12.6 Å². The number of hydrogen-bond acceptors (Lipinski definition) is 11. The third kappa shape index (κ3) is 13.8. The van der Waals surface area contributed by atoms with Gasteiger partial charge in [-0.2, -0.15) is 0 Å². The van der Waals surface area contributed by atoms with Crippen LogP contribution < -0.4 is 14.8 Å². The van der Waals surface area contributed by atoms with Crippen LogP contribution in [-0.2, 0) is 35.0 Å². The van der Waals surface area contributed by atoms with Gasteiger partial charge in [-0.25, -0.2) is 9.59 Å². The van der Waals surface area contributed by atoms with Crippen LogP contribution in [0.4, 0.5) is 9.59 Å². The average molecular weight is 540 g/mol. The molecule has 0 saturated carbocycles. The van der Waals surface area contributed by atoms with Crippen molar-refractivity contribution in [1.82, 2.24) is 5.32 Å². The van der Waals surface area contributed by atoms with E-state index >= 15 is 0 Å². The molecule has 0 amide bonds. The molecule has 0 bridgehead atoms. The van der Waals surface area contributed by atoms with Gasteiger partial charge in [-0.15, -0.1) is 0 Å². The Bertz CT molecular complexity index is 900. The van der Waals surface area contributed by atoms with E-state index in [4.69, 9.17) is 28.4 Å². The minimum atomic E-state index is -0.969. The molecule has 1 rings (SSSR count). The fraction of sp³-hybridized carbons (Fsp3) is 0.630. The van der Waals surface area contributed by atoms with Crippen LogP contribution in [0.25, 0.3) is 0 Å². The summed E-state index contributed by atoms with van der Waals surface area (Å²) >= 11 is 0. The number of unbranched alkanes of at least 4 members (excludes halogenated alkanes) is 1. The Morgan fingerprint density at radius 2 is 1.47 bits per heavy atom. The zero-order chi connectivity index (χ0) is 28.5. The van der Waals surface area contributed by atoms with Crippen molar-refractivity contribution in [2.24, 2.45) is 11.8 Å². The minimum absolute atomic E-state index is 0.0504. The highest BCUT2D eigenvalue weighted by Gasteiger charge is 2.22. The fourth-order valence-electron chi connectivity index (χ4n) is 2.96. The van der Waals surface area contributed by atoms with Gasteiger partial charge >= 0.3 is 24.2 Å². The molecule has 0 saturated heterocycles. The lowest BCUT2D eigenvalue weighted by Crippen LogP contribution is -2.41. The quantitative estimate of drug-likeness (QED) is 0.138. The zero-order valence-electron chi connectivity index (χ0n) is 23.2. The second-order valence-corrected chi connectivity index (χ2v) is 9.45. The van der Waals surface area contributed by atoms with Gasteiger partial charge < -0.3 is 33.7 Å². The van der Waals surface area contributed by atoms with Crippen LogP contribution >= 0.6 is 0 Å². The molecule has 0 spiro atoms. The predicted molar refractivity (Wildman–Crippen MR) is 138 cm³/mol. The topological polar surface area (TPSA) is 136 Å². The highest BCUT2D eigenvalue weighted by atomic mass is 16.7. The number of carbonyl (C=O) groups is 4. The van der Waals surface area contributed by atoms with Crippen molar-refractivity contribution in [3.8, 4) is 11.5 Å². The smallest absolute Gasteiger partial charge is 0.468 e. The summed E-state index contributed by atoms with van der Waals surface area (Å²) < 4.78 is 30.7. The van der Waals surface area contributed by atoms with Gasteiger partial charge in [-0.05, 0) is 42.4 Å². The van der Waals surface area contributed by atoms with Crippen molar-refractivity contribution in [2.75, 3.05) is 33.5 Å². The third-order valence-corrected chi connectivity index (χ3v) is 4.88. The number of benzene rings is 1. The maximum atomic E-state index is 12.4. The van der Waals surface area contributed by atoms with E-state index in [0.717, 1.165) is 12.8 Å². The number of nitrogens with one attached hydrogen (secondary N) is 1. The van der Waals surface area contributed by atoms with E-state index in [1.165, 1.54) is 19.2 Å².